The van der Waals surface area contributed by atoms with Crippen molar-refractivity contribution in [2.75, 3.05) is 26.3 Å². The smallest absolute Gasteiger partial charge is 0.261 e. The van der Waals surface area contributed by atoms with Crippen LogP contribution >= 0.6 is 15.9 Å². The number of amides is 1. The van der Waals surface area contributed by atoms with Crippen LogP contribution in [-0.4, -0.2) is 48.4 Å². The maximum Gasteiger partial charge on any atom is 0.261 e. The molecule has 1 rings (SSSR count). The summed E-state index contributed by atoms with van der Waals surface area (Å²) < 4.78 is 28.3. The van der Waals surface area contributed by atoms with Crippen molar-refractivity contribution in [2.45, 2.75) is 31.0 Å². The molecule has 17 heavy (non-hydrogen) atoms. The largest absolute Gasteiger partial charge is 0.375 e. The van der Waals surface area contributed by atoms with Gasteiger partial charge >= 0.3 is 0 Å². The van der Waals surface area contributed by atoms with Gasteiger partial charge in [0.15, 0.2) is 0 Å². The number of piperidine rings is 1. The molecule has 0 aliphatic carbocycles. The van der Waals surface area contributed by atoms with E-state index in [0.29, 0.717) is 17.3 Å². The van der Waals surface area contributed by atoms with Crippen LogP contribution in [0.3, 0.4) is 0 Å². The van der Waals surface area contributed by atoms with Crippen LogP contribution in [0.5, 0.6) is 0 Å². The predicted octanol–water partition coefficient (Wildman–Crippen LogP) is 2.29. The standard InChI is InChI=1S/C11H18BrF2NO2/c1-8-2-4-15(6-9(8)12)11(16)3-5-17-7-10(13)14/h8-10H,2-7H2,1H3. The fourth-order valence-corrected chi connectivity index (χ4v) is 2.35. The Labute approximate surface area is 109 Å². The zero-order valence-corrected chi connectivity index (χ0v) is 11.5. The van der Waals surface area contributed by atoms with Crippen LogP contribution in [0.15, 0.2) is 0 Å². The van der Waals surface area contributed by atoms with E-state index in [-0.39, 0.29) is 18.9 Å². The highest BCUT2D eigenvalue weighted by Gasteiger charge is 2.26. The molecule has 1 amide bonds. The second-order valence-corrected chi connectivity index (χ2v) is 5.51. The van der Waals surface area contributed by atoms with Crippen LogP contribution in [0.4, 0.5) is 8.78 Å². The summed E-state index contributed by atoms with van der Waals surface area (Å²) in [5.41, 5.74) is 0. The molecule has 0 saturated carbocycles. The summed E-state index contributed by atoms with van der Waals surface area (Å²) in [7, 11) is 0. The van der Waals surface area contributed by atoms with Crippen molar-refractivity contribution in [3.63, 3.8) is 0 Å². The van der Waals surface area contributed by atoms with Gasteiger partial charge in [0.05, 0.1) is 13.0 Å². The number of halogens is 3. The highest BCUT2D eigenvalue weighted by atomic mass is 79.9. The molecule has 0 aromatic heterocycles. The van der Waals surface area contributed by atoms with E-state index in [0.717, 1.165) is 13.0 Å². The Morgan fingerprint density at radius 3 is 2.88 bits per heavy atom. The lowest BCUT2D eigenvalue weighted by molar-refractivity contribution is -0.133. The first-order valence-corrected chi connectivity index (χ1v) is 6.70. The zero-order chi connectivity index (χ0) is 12.8. The van der Waals surface area contributed by atoms with Crippen molar-refractivity contribution < 1.29 is 18.3 Å². The number of ether oxygens (including phenoxy) is 1. The molecule has 6 heteroatoms. The molecule has 1 saturated heterocycles. The first kappa shape index (κ1) is 14.8. The molecule has 0 spiro atoms. The fourth-order valence-electron chi connectivity index (χ4n) is 1.74. The number of carbonyl (C=O) groups is 1. The van der Waals surface area contributed by atoms with Crippen molar-refractivity contribution in [3.05, 3.63) is 0 Å². The number of hydrogen-bond acceptors (Lipinski definition) is 2. The van der Waals surface area contributed by atoms with Crippen molar-refractivity contribution in [3.8, 4) is 0 Å². The third kappa shape index (κ3) is 5.29. The minimum Gasteiger partial charge on any atom is -0.375 e. The minimum atomic E-state index is -2.46. The van der Waals surface area contributed by atoms with E-state index in [1.807, 2.05) is 0 Å². The van der Waals surface area contributed by atoms with Gasteiger partial charge in [-0.15, -0.1) is 0 Å². The lowest BCUT2D eigenvalue weighted by Gasteiger charge is -2.34. The zero-order valence-electron chi connectivity index (χ0n) is 9.87. The average Bonchev–Trinajstić information content (AvgIpc) is 2.27. The lowest BCUT2D eigenvalue weighted by Crippen LogP contribution is -2.43. The summed E-state index contributed by atoms with van der Waals surface area (Å²) >= 11 is 3.54. The molecule has 0 aromatic rings. The Kier molecular flexibility index (Phi) is 6.33. The van der Waals surface area contributed by atoms with Gasteiger partial charge in [-0.2, -0.15) is 0 Å². The molecule has 0 N–H and O–H groups in total. The Balaban J connectivity index is 2.19. The highest BCUT2D eigenvalue weighted by molar-refractivity contribution is 9.09. The molecule has 3 nitrogen and oxygen atoms in total. The summed E-state index contributed by atoms with van der Waals surface area (Å²) in [6, 6.07) is 0. The second-order valence-electron chi connectivity index (χ2n) is 4.34. The normalized spacial score (nSPS) is 25.4. The van der Waals surface area contributed by atoms with Gasteiger partial charge in [0, 0.05) is 17.9 Å². The van der Waals surface area contributed by atoms with Gasteiger partial charge in [-0.1, -0.05) is 22.9 Å². The van der Waals surface area contributed by atoms with E-state index < -0.39 is 13.0 Å². The number of nitrogens with zero attached hydrogens (tertiary/aromatic N) is 1. The van der Waals surface area contributed by atoms with Crippen molar-refractivity contribution in [2.24, 2.45) is 5.92 Å². The lowest BCUT2D eigenvalue weighted by atomic mass is 9.99. The minimum absolute atomic E-state index is 0.0179. The molecule has 0 bridgehead atoms. The topological polar surface area (TPSA) is 29.5 Å². The van der Waals surface area contributed by atoms with Gasteiger partial charge in [-0.25, -0.2) is 8.78 Å². The SMILES string of the molecule is CC1CCN(C(=O)CCOCC(F)F)CC1Br. The number of carbonyl (C=O) groups excluding carboxylic acids is 1. The van der Waals surface area contributed by atoms with Gasteiger partial charge in [0.2, 0.25) is 5.91 Å². The van der Waals surface area contributed by atoms with Crippen LogP contribution < -0.4 is 0 Å². The molecule has 0 aromatic carbocycles. The predicted molar refractivity (Wildman–Crippen MR) is 64.5 cm³/mol. The number of rotatable bonds is 5. The monoisotopic (exact) mass is 313 g/mol. The summed E-state index contributed by atoms with van der Waals surface area (Å²) in [5.74, 6) is 0.546. The molecular weight excluding hydrogens is 296 g/mol. The molecule has 0 radical (unpaired) electrons. The maximum atomic E-state index is 11.8. The van der Waals surface area contributed by atoms with Crippen molar-refractivity contribution in [1.29, 1.82) is 0 Å². The fraction of sp³-hybridized carbons (Fsp3) is 0.909. The van der Waals surface area contributed by atoms with Crippen LogP contribution in [0.2, 0.25) is 0 Å². The summed E-state index contributed by atoms with van der Waals surface area (Å²) in [6.07, 6.45) is -1.31. The molecular formula is C11H18BrF2NO2. The highest BCUT2D eigenvalue weighted by Crippen LogP contribution is 2.23. The quantitative estimate of drug-likeness (QED) is 0.576. The Morgan fingerprint density at radius 1 is 1.59 bits per heavy atom. The third-order valence-corrected chi connectivity index (χ3v) is 4.12. The third-order valence-electron chi connectivity index (χ3n) is 2.92. The molecule has 1 fully saturated rings. The first-order chi connectivity index (χ1) is 8.00. The van der Waals surface area contributed by atoms with Gasteiger partial charge in [0.1, 0.15) is 6.61 Å². The van der Waals surface area contributed by atoms with Gasteiger partial charge in [-0.3, -0.25) is 4.79 Å². The van der Waals surface area contributed by atoms with E-state index in [2.05, 4.69) is 22.9 Å². The molecule has 2 atom stereocenters. The average molecular weight is 314 g/mol. The van der Waals surface area contributed by atoms with Crippen LogP contribution in [0.25, 0.3) is 0 Å². The van der Waals surface area contributed by atoms with Crippen molar-refractivity contribution in [1.82, 2.24) is 4.90 Å². The van der Waals surface area contributed by atoms with Crippen LogP contribution in [0, 0.1) is 5.92 Å². The van der Waals surface area contributed by atoms with E-state index in [9.17, 15) is 13.6 Å². The van der Waals surface area contributed by atoms with Gasteiger partial charge < -0.3 is 9.64 Å². The Hall–Kier alpha value is -0.230. The second kappa shape index (κ2) is 7.26. The van der Waals surface area contributed by atoms with Crippen LogP contribution in [-0.2, 0) is 9.53 Å². The Bertz CT molecular complexity index is 254. The summed E-state index contributed by atoms with van der Waals surface area (Å²) in [4.78, 5) is 13.8. The van der Waals surface area contributed by atoms with Gasteiger partial charge in [0.25, 0.3) is 6.43 Å². The number of alkyl halides is 3. The molecule has 2 unspecified atom stereocenters. The van der Waals surface area contributed by atoms with E-state index >= 15 is 0 Å². The van der Waals surface area contributed by atoms with Crippen LogP contribution in [0.1, 0.15) is 19.8 Å². The van der Waals surface area contributed by atoms with E-state index in [1.165, 1.54) is 0 Å². The first-order valence-electron chi connectivity index (χ1n) is 5.78. The Morgan fingerprint density at radius 2 is 2.29 bits per heavy atom. The van der Waals surface area contributed by atoms with Gasteiger partial charge in [-0.05, 0) is 12.3 Å². The molecule has 1 heterocycles. The number of likely N-dealkylation sites (tertiary alicyclic amines) is 1. The number of hydrogen-bond donors (Lipinski definition) is 0. The molecule has 1 aliphatic rings. The van der Waals surface area contributed by atoms with E-state index in [4.69, 9.17) is 4.74 Å². The van der Waals surface area contributed by atoms with Crippen molar-refractivity contribution >= 4 is 21.8 Å². The molecule has 100 valence electrons. The maximum absolute atomic E-state index is 11.8. The summed E-state index contributed by atoms with van der Waals surface area (Å²) in [6.45, 7) is 3.06. The van der Waals surface area contributed by atoms with E-state index in [1.54, 1.807) is 4.90 Å². The molecule has 1 aliphatic heterocycles. The summed E-state index contributed by atoms with van der Waals surface area (Å²) in [5, 5.41) is 0.